The highest BCUT2D eigenvalue weighted by atomic mass is 28.4. The number of likely N-dealkylation sites (N-methyl/N-ethyl adjacent to an activating group) is 1. The number of nitrogens with one attached hydrogen (secondary N) is 1. The maximum atomic E-state index is 11.3. The van der Waals surface area contributed by atoms with E-state index in [1.165, 1.54) is 4.90 Å². The molecule has 2 N–H and O–H groups in total. The highest BCUT2D eigenvalue weighted by Crippen LogP contribution is 2.37. The van der Waals surface area contributed by atoms with E-state index < -0.39 is 14.4 Å². The van der Waals surface area contributed by atoms with Gasteiger partial charge in [-0.05, 0) is 31.1 Å². The molecule has 0 saturated carbocycles. The van der Waals surface area contributed by atoms with Crippen molar-refractivity contribution >= 4 is 14.4 Å². The third-order valence-corrected chi connectivity index (χ3v) is 9.10. The van der Waals surface area contributed by atoms with Gasteiger partial charge in [0.15, 0.2) is 8.32 Å². The fraction of sp³-hybridized carbons (Fsp3) is 0.929. The van der Waals surface area contributed by atoms with Crippen LogP contribution in [-0.2, 0) is 4.43 Å². The summed E-state index contributed by atoms with van der Waals surface area (Å²) in [5, 5.41) is 12.8. The lowest BCUT2D eigenvalue weighted by Crippen LogP contribution is -2.45. The Morgan fingerprint density at radius 1 is 1.45 bits per heavy atom. The molecule has 118 valence electrons. The molecule has 0 aromatic rings. The van der Waals surface area contributed by atoms with E-state index in [0.29, 0.717) is 13.2 Å². The molecule has 0 aromatic heterocycles. The predicted molar refractivity (Wildman–Crippen MR) is 83.7 cm³/mol. The van der Waals surface area contributed by atoms with Crippen LogP contribution in [0.3, 0.4) is 0 Å². The zero-order valence-electron chi connectivity index (χ0n) is 13.7. The number of rotatable bonds is 5. The molecule has 0 aromatic carbocycles. The van der Waals surface area contributed by atoms with Crippen molar-refractivity contribution in [1.82, 2.24) is 10.2 Å². The number of hydrogen-bond acceptors (Lipinski definition) is 3. The average molecular weight is 302 g/mol. The molecule has 0 aliphatic carbocycles. The fourth-order valence-electron chi connectivity index (χ4n) is 2.27. The van der Waals surface area contributed by atoms with Gasteiger partial charge in [0.2, 0.25) is 0 Å². The molecule has 1 aliphatic heterocycles. The number of likely N-dealkylation sites (tertiary alicyclic amines) is 1. The molecule has 0 bridgehead atoms. The molecule has 1 amide bonds. The second-order valence-corrected chi connectivity index (χ2v) is 12.0. The van der Waals surface area contributed by atoms with Crippen LogP contribution >= 0.6 is 0 Å². The van der Waals surface area contributed by atoms with Crippen molar-refractivity contribution < 1.29 is 14.3 Å². The van der Waals surface area contributed by atoms with Crippen LogP contribution in [0.25, 0.3) is 0 Å². The Morgan fingerprint density at radius 3 is 2.50 bits per heavy atom. The molecule has 20 heavy (non-hydrogen) atoms. The van der Waals surface area contributed by atoms with Gasteiger partial charge in [-0.15, -0.1) is 0 Å². The Kier molecular flexibility index (Phi) is 5.63. The molecule has 1 rings (SSSR count). The lowest BCUT2D eigenvalue weighted by Gasteiger charge is -2.37. The third-order valence-electron chi connectivity index (χ3n) is 4.60. The van der Waals surface area contributed by atoms with Gasteiger partial charge in [0.05, 0.1) is 12.6 Å². The summed E-state index contributed by atoms with van der Waals surface area (Å²) in [5.41, 5.74) is 0. The van der Waals surface area contributed by atoms with Gasteiger partial charge in [0.25, 0.3) is 0 Å². The summed E-state index contributed by atoms with van der Waals surface area (Å²) < 4.78 is 6.19. The molecular formula is C14H30N2O3Si. The van der Waals surface area contributed by atoms with Gasteiger partial charge in [-0.2, -0.15) is 0 Å². The Morgan fingerprint density at radius 2 is 2.05 bits per heavy atom. The molecule has 0 radical (unpaired) electrons. The molecule has 1 fully saturated rings. The third kappa shape index (κ3) is 4.20. The van der Waals surface area contributed by atoms with E-state index in [0.717, 1.165) is 13.0 Å². The lowest BCUT2D eigenvalue weighted by molar-refractivity contribution is 0.120. The van der Waals surface area contributed by atoms with Crippen molar-refractivity contribution in [2.24, 2.45) is 0 Å². The maximum absolute atomic E-state index is 11.3. The summed E-state index contributed by atoms with van der Waals surface area (Å²) in [6, 6.07) is 0.231. The van der Waals surface area contributed by atoms with E-state index in [1.54, 1.807) is 0 Å². The molecule has 0 unspecified atom stereocenters. The van der Waals surface area contributed by atoms with E-state index >= 15 is 0 Å². The first kappa shape index (κ1) is 17.5. The second-order valence-electron chi connectivity index (χ2n) is 7.15. The van der Waals surface area contributed by atoms with E-state index in [9.17, 15) is 9.90 Å². The maximum Gasteiger partial charge on any atom is 0.407 e. The van der Waals surface area contributed by atoms with Crippen molar-refractivity contribution in [1.29, 1.82) is 0 Å². The minimum absolute atomic E-state index is 0.0225. The Bertz CT molecular complexity index is 342. The first-order valence-electron chi connectivity index (χ1n) is 7.45. The topological polar surface area (TPSA) is 61.8 Å². The van der Waals surface area contributed by atoms with Crippen LogP contribution in [0.1, 0.15) is 34.1 Å². The smallest absolute Gasteiger partial charge is 0.407 e. The predicted octanol–water partition coefficient (Wildman–Crippen LogP) is 2.74. The summed E-state index contributed by atoms with van der Waals surface area (Å²) in [6.07, 6.45) is 0.00335. The molecule has 2 atom stereocenters. The highest BCUT2D eigenvalue weighted by molar-refractivity contribution is 6.74. The molecule has 1 saturated heterocycles. The first-order valence-corrected chi connectivity index (χ1v) is 10.4. The van der Waals surface area contributed by atoms with Crippen molar-refractivity contribution in [2.75, 3.05) is 19.7 Å². The van der Waals surface area contributed by atoms with Gasteiger partial charge in [-0.25, -0.2) is 4.79 Å². The second kappa shape index (κ2) is 6.45. The Balaban J connectivity index is 2.63. The zero-order chi connectivity index (χ0) is 15.6. The van der Waals surface area contributed by atoms with Crippen LogP contribution in [0.5, 0.6) is 0 Å². The van der Waals surface area contributed by atoms with E-state index in [2.05, 4.69) is 39.2 Å². The van der Waals surface area contributed by atoms with Gasteiger partial charge in [-0.3, -0.25) is 0 Å². The molecular weight excluding hydrogens is 272 g/mol. The van der Waals surface area contributed by atoms with Crippen molar-refractivity contribution in [3.63, 3.8) is 0 Å². The molecule has 5 nitrogen and oxygen atoms in total. The largest absolute Gasteiger partial charge is 0.465 e. The monoisotopic (exact) mass is 302 g/mol. The Labute approximate surface area is 123 Å². The lowest BCUT2D eigenvalue weighted by atomic mass is 10.2. The fourth-order valence-corrected chi connectivity index (χ4v) is 3.31. The van der Waals surface area contributed by atoms with Crippen molar-refractivity contribution in [3.05, 3.63) is 0 Å². The van der Waals surface area contributed by atoms with Gasteiger partial charge in [0, 0.05) is 12.6 Å². The van der Waals surface area contributed by atoms with Crippen LogP contribution in [0.15, 0.2) is 0 Å². The minimum Gasteiger partial charge on any atom is -0.465 e. The SMILES string of the molecule is CCN[C@H]1C[C@@H](CO[Si](C)(C)C(C)(C)C)N(C(=O)O)C1. The standard InChI is InChI=1S/C14H30N2O3Si/c1-7-15-11-8-12(16(9-11)13(17)18)10-19-20(5,6)14(2,3)4/h11-12,15H,7-10H2,1-6H3,(H,17,18)/t11-,12-/m0/s1. The van der Waals surface area contributed by atoms with Crippen LogP contribution in [-0.4, -0.2) is 56.2 Å². The van der Waals surface area contributed by atoms with Gasteiger partial charge < -0.3 is 19.7 Å². The van der Waals surface area contributed by atoms with Gasteiger partial charge in [-0.1, -0.05) is 27.7 Å². The molecule has 1 heterocycles. The number of amides is 1. The van der Waals surface area contributed by atoms with E-state index in [1.807, 2.05) is 6.92 Å². The number of nitrogens with zero attached hydrogens (tertiary/aromatic N) is 1. The first-order chi connectivity index (χ1) is 9.08. The van der Waals surface area contributed by atoms with Crippen molar-refractivity contribution in [3.8, 4) is 0 Å². The normalized spacial score (nSPS) is 24.2. The highest BCUT2D eigenvalue weighted by Gasteiger charge is 2.40. The summed E-state index contributed by atoms with van der Waals surface area (Å²) in [4.78, 5) is 12.9. The summed E-state index contributed by atoms with van der Waals surface area (Å²) >= 11 is 0. The minimum atomic E-state index is -1.82. The molecule has 6 heteroatoms. The van der Waals surface area contributed by atoms with Crippen LogP contribution < -0.4 is 5.32 Å². The number of hydrogen-bond donors (Lipinski definition) is 2. The van der Waals surface area contributed by atoms with Gasteiger partial charge in [0.1, 0.15) is 0 Å². The average Bonchev–Trinajstić information content (AvgIpc) is 2.69. The summed E-state index contributed by atoms with van der Waals surface area (Å²) in [6.45, 7) is 15.0. The van der Waals surface area contributed by atoms with Gasteiger partial charge >= 0.3 is 6.09 Å². The molecule has 0 spiro atoms. The summed E-state index contributed by atoms with van der Waals surface area (Å²) in [5.74, 6) is 0. The van der Waals surface area contributed by atoms with Crippen LogP contribution in [0.2, 0.25) is 18.1 Å². The number of carboxylic acid groups (broad SMARTS) is 1. The number of carbonyl (C=O) groups is 1. The van der Waals surface area contributed by atoms with Crippen LogP contribution in [0.4, 0.5) is 4.79 Å². The quantitative estimate of drug-likeness (QED) is 0.767. The van der Waals surface area contributed by atoms with E-state index in [4.69, 9.17) is 4.43 Å². The summed E-state index contributed by atoms with van der Waals surface area (Å²) in [7, 11) is -1.82. The Hall–Kier alpha value is -0.593. The van der Waals surface area contributed by atoms with E-state index in [-0.39, 0.29) is 17.1 Å². The van der Waals surface area contributed by atoms with Crippen LogP contribution in [0, 0.1) is 0 Å². The zero-order valence-corrected chi connectivity index (χ0v) is 14.7. The van der Waals surface area contributed by atoms with Crippen molar-refractivity contribution in [2.45, 2.75) is 64.3 Å². The molecule has 1 aliphatic rings.